The van der Waals surface area contributed by atoms with Crippen molar-refractivity contribution in [3.63, 3.8) is 0 Å². The molecule has 0 aliphatic carbocycles. The normalized spacial score (nSPS) is 22.5. The lowest BCUT2D eigenvalue weighted by atomic mass is 9.89. The molecule has 4 aliphatic rings. The van der Waals surface area contributed by atoms with Gasteiger partial charge >= 0.3 is 5.97 Å². The highest BCUT2D eigenvalue weighted by molar-refractivity contribution is 6.14. The van der Waals surface area contributed by atoms with Crippen molar-refractivity contribution in [2.45, 2.75) is 63.3 Å². The highest BCUT2D eigenvalue weighted by atomic mass is 16.7. The maximum absolute atomic E-state index is 13.6. The molecule has 2 saturated heterocycles. The first kappa shape index (κ1) is 39.3. The molecule has 4 atom stereocenters. The number of nitrogens with zero attached hydrogens (tertiary/aromatic N) is 2. The molecule has 1 N–H and O–H groups in total. The summed E-state index contributed by atoms with van der Waals surface area (Å²) in [7, 11) is 6.42. The molecule has 4 aliphatic heterocycles. The van der Waals surface area contributed by atoms with Gasteiger partial charge in [0, 0.05) is 70.1 Å². The Morgan fingerprint density at radius 3 is 2.20 bits per heavy atom. The lowest BCUT2D eigenvalue weighted by Crippen LogP contribution is -2.57. The number of methoxy groups -OCH3 is 4. The summed E-state index contributed by atoms with van der Waals surface area (Å²) in [6.45, 7) is 7.14. The molecule has 0 bridgehead atoms. The average Bonchev–Trinajstić information content (AvgIpc) is 3.85. The zero-order chi connectivity index (χ0) is 38.3. The minimum atomic E-state index is -0.887. The fourth-order valence-corrected chi connectivity index (χ4v) is 8.08. The number of aliphatic hydroxyl groups is 1. The van der Waals surface area contributed by atoms with E-state index in [1.807, 2.05) is 30.3 Å². The molecule has 0 aromatic heterocycles. The van der Waals surface area contributed by atoms with Crippen molar-refractivity contribution in [3.05, 3.63) is 41.5 Å². The van der Waals surface area contributed by atoms with E-state index in [0.29, 0.717) is 62.8 Å². The largest absolute Gasteiger partial charge is 0.493 e. The lowest BCUT2D eigenvalue weighted by Gasteiger charge is -2.41. The Balaban J connectivity index is 1.10. The number of piperazine rings is 1. The molecule has 2 fully saturated rings. The fraction of sp³-hybridized carbons (Fsp3) is 0.585. The molecule has 4 heterocycles. The number of carbonyl (C=O) groups excluding carboxylic acids is 1. The van der Waals surface area contributed by atoms with E-state index in [2.05, 4.69) is 9.80 Å². The number of rotatable bonds is 18. The van der Waals surface area contributed by atoms with E-state index in [4.69, 9.17) is 47.4 Å². The Labute approximate surface area is 322 Å². The molecular formula is C41H54N2O12. The van der Waals surface area contributed by atoms with Crippen molar-refractivity contribution in [1.82, 2.24) is 9.80 Å². The van der Waals surface area contributed by atoms with E-state index in [1.165, 1.54) is 6.42 Å². The number of esters is 1. The topological polar surface area (TPSA) is 136 Å². The van der Waals surface area contributed by atoms with Crippen molar-refractivity contribution in [2.75, 3.05) is 94.3 Å². The molecule has 3 aromatic rings. The molecular weight excluding hydrogens is 712 g/mol. The van der Waals surface area contributed by atoms with Crippen LogP contribution in [-0.2, 0) is 30.3 Å². The molecule has 14 heteroatoms. The number of aliphatic hydroxyl groups excluding tert-OH is 1. The molecule has 55 heavy (non-hydrogen) atoms. The van der Waals surface area contributed by atoms with Crippen molar-refractivity contribution in [1.29, 1.82) is 0 Å². The van der Waals surface area contributed by atoms with Crippen LogP contribution in [0.2, 0.25) is 0 Å². The minimum absolute atomic E-state index is 0.0118. The number of unbranched alkanes of at least 4 members (excludes halogenated alkanes) is 4. The Kier molecular flexibility index (Phi) is 13.1. The third-order valence-electron chi connectivity index (χ3n) is 11.1. The van der Waals surface area contributed by atoms with Gasteiger partial charge in [-0.05, 0) is 54.6 Å². The van der Waals surface area contributed by atoms with Gasteiger partial charge in [0.15, 0.2) is 23.0 Å². The number of hydrogen-bond donors (Lipinski definition) is 1. The van der Waals surface area contributed by atoms with E-state index in [-0.39, 0.29) is 32.7 Å². The monoisotopic (exact) mass is 766 g/mol. The maximum Gasteiger partial charge on any atom is 0.339 e. The first-order valence-electron chi connectivity index (χ1n) is 19.3. The highest BCUT2D eigenvalue weighted by Gasteiger charge is 2.45. The van der Waals surface area contributed by atoms with Crippen molar-refractivity contribution >= 4 is 16.7 Å². The maximum atomic E-state index is 13.6. The second kappa shape index (κ2) is 18.4. The number of fused-ring (bicyclic) bond motifs is 3. The number of ether oxygens (including phenoxy) is 10. The Bertz CT molecular complexity index is 1780. The third-order valence-corrected chi connectivity index (χ3v) is 11.1. The summed E-state index contributed by atoms with van der Waals surface area (Å²) < 4.78 is 59.9. The molecule has 3 aromatic carbocycles. The van der Waals surface area contributed by atoms with Crippen LogP contribution < -0.4 is 23.7 Å². The summed E-state index contributed by atoms with van der Waals surface area (Å²) in [6.07, 6.45) is 3.00. The quantitative estimate of drug-likeness (QED) is 0.142. The van der Waals surface area contributed by atoms with Gasteiger partial charge in [-0.1, -0.05) is 25.3 Å². The van der Waals surface area contributed by atoms with Gasteiger partial charge in [0.25, 0.3) is 0 Å². The van der Waals surface area contributed by atoms with Crippen molar-refractivity contribution in [3.8, 4) is 39.9 Å². The highest BCUT2D eigenvalue weighted by Crippen LogP contribution is 2.50. The Morgan fingerprint density at radius 2 is 1.47 bits per heavy atom. The second-order valence-electron chi connectivity index (χ2n) is 14.3. The molecule has 300 valence electrons. The molecule has 0 spiro atoms. The van der Waals surface area contributed by atoms with Crippen molar-refractivity contribution < 1.29 is 57.3 Å². The molecule has 0 amide bonds. The van der Waals surface area contributed by atoms with Crippen LogP contribution in [0.3, 0.4) is 0 Å². The van der Waals surface area contributed by atoms with E-state index in [1.54, 1.807) is 28.4 Å². The van der Waals surface area contributed by atoms with Gasteiger partial charge in [-0.3, -0.25) is 4.90 Å². The molecule has 0 saturated carbocycles. The standard InChI is InChI=1S/C41H54N2O12/c1-46-31-21-27-28(22-32(31)47-2)37(29-23-51-40(45)36(29)35(27)26-10-11-30-33(20-26)54-25-53-30)55-41-39(38(49-4)34(48-3)24-52-41)50-19-9-7-5-6-8-12-42-13-15-43(16-14-42)17-18-44/h10-11,20-22,34,38-39,41,44H,5-9,12-19,23-25H2,1-4H3/t34-,38+,39-,41+/m1/s1. The molecule has 14 nitrogen and oxygen atoms in total. The average molecular weight is 767 g/mol. The summed E-state index contributed by atoms with van der Waals surface area (Å²) in [4.78, 5) is 18.4. The van der Waals surface area contributed by atoms with Crippen LogP contribution in [-0.4, -0.2) is 140 Å². The smallest absolute Gasteiger partial charge is 0.339 e. The summed E-state index contributed by atoms with van der Waals surface area (Å²) in [6, 6.07) is 9.30. The summed E-state index contributed by atoms with van der Waals surface area (Å²) >= 11 is 0. The van der Waals surface area contributed by atoms with Gasteiger partial charge in [0.05, 0.1) is 33.0 Å². The van der Waals surface area contributed by atoms with Crippen LogP contribution in [0, 0.1) is 0 Å². The zero-order valence-electron chi connectivity index (χ0n) is 32.3. The third kappa shape index (κ3) is 8.46. The second-order valence-corrected chi connectivity index (χ2v) is 14.3. The zero-order valence-corrected chi connectivity index (χ0v) is 32.3. The van der Waals surface area contributed by atoms with Gasteiger partial charge in [-0.15, -0.1) is 0 Å². The van der Waals surface area contributed by atoms with Gasteiger partial charge < -0.3 is 57.4 Å². The van der Waals surface area contributed by atoms with E-state index < -0.39 is 24.5 Å². The summed E-state index contributed by atoms with van der Waals surface area (Å²) in [5, 5.41) is 10.6. The van der Waals surface area contributed by atoms with Crippen LogP contribution in [0.4, 0.5) is 0 Å². The predicted molar refractivity (Wildman–Crippen MR) is 202 cm³/mol. The molecule has 0 unspecified atom stereocenters. The summed E-state index contributed by atoms with van der Waals surface area (Å²) in [5.74, 6) is 2.18. The van der Waals surface area contributed by atoms with Crippen LogP contribution in [0.15, 0.2) is 30.3 Å². The first-order chi connectivity index (χ1) is 27.0. The van der Waals surface area contributed by atoms with Crippen LogP contribution in [0.5, 0.6) is 28.7 Å². The number of hydrogen-bond acceptors (Lipinski definition) is 14. The van der Waals surface area contributed by atoms with Gasteiger partial charge in [-0.25, -0.2) is 4.79 Å². The van der Waals surface area contributed by atoms with Crippen LogP contribution in [0.25, 0.3) is 21.9 Å². The Hall–Kier alpha value is -3.89. The minimum Gasteiger partial charge on any atom is -0.493 e. The van der Waals surface area contributed by atoms with Gasteiger partial charge in [-0.2, -0.15) is 0 Å². The van der Waals surface area contributed by atoms with E-state index in [0.717, 1.165) is 70.5 Å². The van der Waals surface area contributed by atoms with Gasteiger partial charge in [0.1, 0.15) is 30.7 Å². The predicted octanol–water partition coefficient (Wildman–Crippen LogP) is 4.63. The number of carbonyl (C=O) groups is 1. The number of β-amino-alcohol motifs (C(OH)–C–C–N with tert-alkyl or cyclic N) is 1. The Morgan fingerprint density at radius 1 is 0.764 bits per heavy atom. The van der Waals surface area contributed by atoms with Crippen LogP contribution in [0.1, 0.15) is 48.0 Å². The van der Waals surface area contributed by atoms with E-state index in [9.17, 15) is 9.90 Å². The summed E-state index contributed by atoms with van der Waals surface area (Å²) in [5.41, 5.74) is 2.39. The molecule has 0 radical (unpaired) electrons. The first-order valence-corrected chi connectivity index (χ1v) is 19.3. The molecule has 7 rings (SSSR count). The number of benzene rings is 3. The van der Waals surface area contributed by atoms with Crippen LogP contribution >= 0.6 is 0 Å². The lowest BCUT2D eigenvalue weighted by molar-refractivity contribution is -0.264. The van der Waals surface area contributed by atoms with E-state index >= 15 is 0 Å². The SMILES string of the molecule is COc1cc2c(O[C@@H]3OC[C@@H](OC)[C@H](OC)[C@H]3OCCCCCCCN3CCN(CCO)CC3)c3c(c(-c4ccc5c(c4)OCO5)c2cc1OC)C(=O)OC3. The van der Waals surface area contributed by atoms with Crippen molar-refractivity contribution in [2.24, 2.45) is 0 Å². The fourth-order valence-electron chi connectivity index (χ4n) is 8.08. The number of cyclic esters (lactones) is 1. The van der Waals surface area contributed by atoms with Gasteiger partial charge in [0.2, 0.25) is 13.1 Å².